The molecule has 38 heavy (non-hydrogen) atoms. The molecule has 4 nitrogen and oxygen atoms in total. The zero-order valence-electron chi connectivity index (χ0n) is 21.4. The van der Waals surface area contributed by atoms with Crippen molar-refractivity contribution in [3.63, 3.8) is 0 Å². The third-order valence-corrected chi connectivity index (χ3v) is 7.47. The maximum Gasteiger partial charge on any atom is 0.211 e. The molecule has 3 unspecified atom stereocenters. The third kappa shape index (κ3) is 4.00. The molecule has 5 aromatic rings. The van der Waals surface area contributed by atoms with E-state index in [1.54, 1.807) is 0 Å². The first-order valence-electron chi connectivity index (χ1n) is 13.0. The molecule has 0 radical (unpaired) electrons. The smallest absolute Gasteiger partial charge is 0.211 e. The van der Waals surface area contributed by atoms with Crippen molar-refractivity contribution in [3.05, 3.63) is 163 Å². The first-order valence-corrected chi connectivity index (χ1v) is 13.0. The van der Waals surface area contributed by atoms with Crippen LogP contribution in [0, 0.1) is 0 Å². The average molecular weight is 498 g/mol. The van der Waals surface area contributed by atoms with E-state index in [-0.39, 0.29) is 6.17 Å². The second kappa shape index (κ2) is 10.1. The standard InChI is InChI=1S/C34H31N3O/c1-34(28-19-9-3-10-20-28)36(30-23-13-5-14-24-30)32(27-17-7-2-8-18-27)35(29-21-11-4-12-22-29)33(38)37(34)31-25-15-6-16-26-31/h2-26,32-33,38H,1H3. The fourth-order valence-electron chi connectivity index (χ4n) is 5.75. The number of benzene rings is 5. The van der Waals surface area contributed by atoms with E-state index in [0.29, 0.717) is 0 Å². The van der Waals surface area contributed by atoms with E-state index < -0.39 is 12.0 Å². The van der Waals surface area contributed by atoms with E-state index in [0.717, 1.165) is 28.2 Å². The van der Waals surface area contributed by atoms with Gasteiger partial charge in [-0.25, -0.2) is 0 Å². The third-order valence-electron chi connectivity index (χ3n) is 7.47. The first-order chi connectivity index (χ1) is 18.7. The Bertz CT molecular complexity index is 1450. The highest BCUT2D eigenvalue weighted by molar-refractivity contribution is 5.67. The largest absolute Gasteiger partial charge is 0.356 e. The van der Waals surface area contributed by atoms with Gasteiger partial charge in [0.05, 0.1) is 0 Å². The number of para-hydroxylation sites is 3. The highest BCUT2D eigenvalue weighted by atomic mass is 16.3. The minimum Gasteiger partial charge on any atom is -0.356 e. The van der Waals surface area contributed by atoms with Crippen molar-refractivity contribution in [1.82, 2.24) is 0 Å². The van der Waals surface area contributed by atoms with Crippen LogP contribution in [0.4, 0.5) is 17.1 Å². The second-order valence-electron chi connectivity index (χ2n) is 9.67. The maximum absolute atomic E-state index is 12.5. The lowest BCUT2D eigenvalue weighted by molar-refractivity contribution is 0.0865. The minimum absolute atomic E-state index is 0.304. The number of aliphatic hydroxyl groups excluding tert-OH is 1. The van der Waals surface area contributed by atoms with E-state index in [1.807, 2.05) is 54.6 Å². The van der Waals surface area contributed by atoms with Crippen LogP contribution in [0.2, 0.25) is 0 Å². The average Bonchev–Trinajstić information content (AvgIpc) is 2.99. The zero-order chi connectivity index (χ0) is 26.0. The highest BCUT2D eigenvalue weighted by Crippen LogP contribution is 2.51. The Hall–Kier alpha value is -4.54. The summed E-state index contributed by atoms with van der Waals surface area (Å²) < 4.78 is 0. The molecule has 0 amide bonds. The molecular formula is C34H31N3O. The Morgan fingerprint density at radius 3 is 1.39 bits per heavy atom. The summed E-state index contributed by atoms with van der Waals surface area (Å²) in [4.78, 5) is 6.67. The molecule has 0 aliphatic carbocycles. The van der Waals surface area contributed by atoms with Gasteiger partial charge in [0.2, 0.25) is 6.35 Å². The molecule has 0 saturated carbocycles. The van der Waals surface area contributed by atoms with Crippen LogP contribution < -0.4 is 14.7 Å². The van der Waals surface area contributed by atoms with E-state index in [2.05, 4.69) is 119 Å². The SMILES string of the molecule is CC1(c2ccccc2)N(c2ccccc2)C(O)N(c2ccccc2)C(c2ccccc2)N1c1ccccc1. The first kappa shape index (κ1) is 23.8. The predicted octanol–water partition coefficient (Wildman–Crippen LogP) is 7.37. The summed E-state index contributed by atoms with van der Waals surface area (Å²) in [5, 5.41) is 12.5. The fraction of sp³-hybridized carbons (Fsp3) is 0.118. The minimum atomic E-state index is -0.963. The van der Waals surface area contributed by atoms with E-state index >= 15 is 0 Å². The van der Waals surface area contributed by atoms with Crippen LogP contribution in [0.5, 0.6) is 0 Å². The van der Waals surface area contributed by atoms with Crippen LogP contribution >= 0.6 is 0 Å². The van der Waals surface area contributed by atoms with Crippen LogP contribution in [-0.4, -0.2) is 11.5 Å². The number of anilines is 3. The summed E-state index contributed by atoms with van der Waals surface area (Å²) >= 11 is 0. The number of hydrogen-bond acceptors (Lipinski definition) is 4. The van der Waals surface area contributed by atoms with Gasteiger partial charge in [-0.15, -0.1) is 0 Å². The number of aliphatic hydroxyl groups is 1. The van der Waals surface area contributed by atoms with Crippen molar-refractivity contribution in [2.45, 2.75) is 25.1 Å². The molecule has 1 heterocycles. The molecule has 3 atom stereocenters. The molecule has 0 bridgehead atoms. The van der Waals surface area contributed by atoms with Crippen LogP contribution in [0.1, 0.15) is 24.2 Å². The summed E-state index contributed by atoms with van der Waals surface area (Å²) in [6.07, 6.45) is -1.27. The van der Waals surface area contributed by atoms with Gasteiger partial charge in [0.25, 0.3) is 0 Å². The van der Waals surface area contributed by atoms with E-state index in [9.17, 15) is 5.11 Å². The fourth-order valence-corrected chi connectivity index (χ4v) is 5.75. The van der Waals surface area contributed by atoms with Crippen LogP contribution in [0.25, 0.3) is 0 Å². The lowest BCUT2D eigenvalue weighted by Crippen LogP contribution is -2.73. The molecular weight excluding hydrogens is 466 g/mol. The zero-order valence-corrected chi connectivity index (χ0v) is 21.4. The van der Waals surface area contributed by atoms with Gasteiger partial charge >= 0.3 is 0 Å². The molecule has 0 aromatic heterocycles. The second-order valence-corrected chi connectivity index (χ2v) is 9.67. The molecule has 1 aliphatic rings. The van der Waals surface area contributed by atoms with Crippen molar-refractivity contribution in [2.24, 2.45) is 0 Å². The summed E-state index contributed by atoms with van der Waals surface area (Å²) in [5.74, 6) is 0. The molecule has 0 spiro atoms. The quantitative estimate of drug-likeness (QED) is 0.275. The van der Waals surface area contributed by atoms with Gasteiger partial charge in [-0.05, 0) is 54.4 Å². The summed E-state index contributed by atoms with van der Waals surface area (Å²) in [6.45, 7) is 2.21. The normalized spacial score (nSPS) is 21.4. The summed E-state index contributed by atoms with van der Waals surface area (Å²) in [6, 6.07) is 51.8. The predicted molar refractivity (Wildman–Crippen MR) is 156 cm³/mol. The van der Waals surface area contributed by atoms with Crippen molar-refractivity contribution in [1.29, 1.82) is 0 Å². The summed E-state index contributed by atoms with van der Waals surface area (Å²) in [5.41, 5.74) is 4.34. The van der Waals surface area contributed by atoms with Gasteiger partial charge in [0.1, 0.15) is 11.8 Å². The van der Waals surface area contributed by atoms with E-state index in [1.165, 1.54) is 0 Å². The Balaban J connectivity index is 1.70. The molecule has 4 heteroatoms. The van der Waals surface area contributed by atoms with Gasteiger partial charge in [-0.1, -0.05) is 115 Å². The summed E-state index contributed by atoms with van der Waals surface area (Å²) in [7, 11) is 0. The Morgan fingerprint density at radius 2 is 0.895 bits per heavy atom. The van der Waals surface area contributed by atoms with Crippen molar-refractivity contribution < 1.29 is 5.11 Å². The topological polar surface area (TPSA) is 30.0 Å². The molecule has 1 aliphatic heterocycles. The van der Waals surface area contributed by atoms with Crippen LogP contribution in [-0.2, 0) is 5.66 Å². The molecule has 6 rings (SSSR count). The lowest BCUT2D eigenvalue weighted by atomic mass is 9.90. The Labute approximate surface area is 224 Å². The number of hydrogen-bond donors (Lipinski definition) is 1. The number of rotatable bonds is 5. The Kier molecular flexibility index (Phi) is 6.32. The molecule has 5 aromatic carbocycles. The van der Waals surface area contributed by atoms with Crippen LogP contribution in [0.15, 0.2) is 152 Å². The number of nitrogens with zero attached hydrogens (tertiary/aromatic N) is 3. The molecule has 1 saturated heterocycles. The van der Waals surface area contributed by atoms with Crippen LogP contribution in [0.3, 0.4) is 0 Å². The van der Waals surface area contributed by atoms with Gasteiger partial charge in [0.15, 0.2) is 0 Å². The Morgan fingerprint density at radius 1 is 0.500 bits per heavy atom. The molecule has 188 valence electrons. The van der Waals surface area contributed by atoms with E-state index in [4.69, 9.17) is 0 Å². The lowest BCUT2D eigenvalue weighted by Gasteiger charge is -2.63. The van der Waals surface area contributed by atoms with Gasteiger partial charge in [-0.3, -0.25) is 0 Å². The molecule has 1 N–H and O–H groups in total. The highest BCUT2D eigenvalue weighted by Gasteiger charge is 2.54. The van der Waals surface area contributed by atoms with Gasteiger partial charge < -0.3 is 19.8 Å². The van der Waals surface area contributed by atoms with Gasteiger partial charge in [-0.2, -0.15) is 0 Å². The molecule has 1 fully saturated rings. The monoisotopic (exact) mass is 497 g/mol. The van der Waals surface area contributed by atoms with Crippen molar-refractivity contribution in [2.75, 3.05) is 14.7 Å². The van der Waals surface area contributed by atoms with Gasteiger partial charge in [0, 0.05) is 17.1 Å². The maximum atomic E-state index is 12.5. The van der Waals surface area contributed by atoms with Crippen molar-refractivity contribution in [3.8, 4) is 0 Å². The van der Waals surface area contributed by atoms with Crippen molar-refractivity contribution >= 4 is 17.1 Å².